The number of hydrogen-bond acceptors (Lipinski definition) is 1. The van der Waals surface area contributed by atoms with E-state index in [1.807, 2.05) is 0 Å². The van der Waals surface area contributed by atoms with Gasteiger partial charge in [0.1, 0.15) is 0 Å². The zero-order chi connectivity index (χ0) is 9.97. The van der Waals surface area contributed by atoms with Crippen LogP contribution in [0.1, 0.15) is 30.9 Å². The highest BCUT2D eigenvalue weighted by Gasteiger charge is 2.18. The highest BCUT2D eigenvalue weighted by atomic mass is 14.9. The van der Waals surface area contributed by atoms with Crippen LogP contribution in [0.5, 0.6) is 0 Å². The normalized spacial score (nSPS) is 17.1. The molecule has 0 saturated carbocycles. The molecular weight excluding hydrogens is 170 g/mol. The van der Waals surface area contributed by atoms with Gasteiger partial charge in [0.05, 0.1) is 0 Å². The van der Waals surface area contributed by atoms with Crippen molar-refractivity contribution in [1.82, 2.24) is 5.32 Å². The molecule has 1 heterocycles. The van der Waals surface area contributed by atoms with Crippen LogP contribution in [0.15, 0.2) is 24.3 Å². The molecule has 1 aliphatic heterocycles. The summed E-state index contributed by atoms with van der Waals surface area (Å²) in [4.78, 5) is 0. The first-order valence-electron chi connectivity index (χ1n) is 5.56. The Bertz CT molecular complexity index is 300. The topological polar surface area (TPSA) is 12.0 Å². The molecule has 2 rings (SSSR count). The summed E-state index contributed by atoms with van der Waals surface area (Å²) in [6.07, 6.45) is 1.25. The lowest BCUT2D eigenvalue weighted by atomic mass is 9.88. The summed E-state index contributed by atoms with van der Waals surface area (Å²) in [7, 11) is 0. The Labute approximate surface area is 86.5 Å². The lowest BCUT2D eigenvalue weighted by Gasteiger charge is -2.28. The first-order valence-corrected chi connectivity index (χ1v) is 5.56. The minimum absolute atomic E-state index is 0.652. The Morgan fingerprint density at radius 2 is 2.00 bits per heavy atom. The second kappa shape index (κ2) is 4.14. The first kappa shape index (κ1) is 9.72. The van der Waals surface area contributed by atoms with Crippen LogP contribution in [0.25, 0.3) is 0 Å². The van der Waals surface area contributed by atoms with Crippen LogP contribution in [0.2, 0.25) is 0 Å². The number of hydrogen-bond donors (Lipinski definition) is 1. The Kier molecular flexibility index (Phi) is 2.87. The lowest BCUT2D eigenvalue weighted by molar-refractivity contribution is 0.345. The molecule has 1 aromatic carbocycles. The molecule has 0 atom stereocenters. The van der Waals surface area contributed by atoms with Gasteiger partial charge in [-0.15, -0.1) is 0 Å². The van der Waals surface area contributed by atoms with Crippen molar-refractivity contribution in [2.24, 2.45) is 5.92 Å². The maximum atomic E-state index is 3.33. The van der Waals surface area contributed by atoms with E-state index in [4.69, 9.17) is 0 Å². The molecule has 14 heavy (non-hydrogen) atoms. The predicted octanol–water partition coefficient (Wildman–Crippen LogP) is 2.57. The molecule has 0 aliphatic carbocycles. The van der Waals surface area contributed by atoms with E-state index in [0.717, 1.165) is 5.92 Å². The molecule has 1 nitrogen and oxygen atoms in total. The summed E-state index contributed by atoms with van der Waals surface area (Å²) < 4.78 is 0. The smallest absolute Gasteiger partial charge is 0.000506 e. The van der Waals surface area contributed by atoms with E-state index in [9.17, 15) is 0 Å². The van der Waals surface area contributed by atoms with E-state index in [2.05, 4.69) is 43.4 Å². The molecule has 1 saturated heterocycles. The summed E-state index contributed by atoms with van der Waals surface area (Å²) >= 11 is 0. The van der Waals surface area contributed by atoms with E-state index >= 15 is 0 Å². The maximum Gasteiger partial charge on any atom is -0.000506 e. The zero-order valence-electron chi connectivity index (χ0n) is 9.09. The van der Waals surface area contributed by atoms with Crippen LogP contribution in [0.3, 0.4) is 0 Å². The fourth-order valence-corrected chi connectivity index (χ4v) is 2.09. The van der Waals surface area contributed by atoms with Crippen molar-refractivity contribution < 1.29 is 0 Å². The minimum Gasteiger partial charge on any atom is -0.316 e. The van der Waals surface area contributed by atoms with Gasteiger partial charge in [-0.2, -0.15) is 0 Å². The molecule has 1 heteroatoms. The summed E-state index contributed by atoms with van der Waals surface area (Å²) in [6.45, 7) is 6.95. The van der Waals surface area contributed by atoms with Crippen LogP contribution in [-0.2, 0) is 6.42 Å². The van der Waals surface area contributed by atoms with Crippen LogP contribution in [-0.4, -0.2) is 13.1 Å². The molecule has 1 N–H and O–H groups in total. The Morgan fingerprint density at radius 3 is 2.57 bits per heavy atom. The maximum absolute atomic E-state index is 3.33. The Hall–Kier alpha value is -0.820. The second-order valence-electron chi connectivity index (χ2n) is 4.58. The van der Waals surface area contributed by atoms with Crippen LogP contribution in [0.4, 0.5) is 0 Å². The first-order chi connectivity index (χ1) is 6.77. The SMILES string of the molecule is CC(C)c1ccccc1CC1CNC1. The van der Waals surface area contributed by atoms with Crippen molar-refractivity contribution >= 4 is 0 Å². The Balaban J connectivity index is 2.13. The summed E-state index contributed by atoms with van der Waals surface area (Å²) in [5, 5.41) is 3.33. The molecule has 0 radical (unpaired) electrons. The van der Waals surface area contributed by atoms with Crippen molar-refractivity contribution in [2.45, 2.75) is 26.2 Å². The molecular formula is C13H19N. The van der Waals surface area contributed by atoms with Crippen LogP contribution in [0, 0.1) is 5.92 Å². The molecule has 0 aromatic heterocycles. The second-order valence-corrected chi connectivity index (χ2v) is 4.58. The predicted molar refractivity (Wildman–Crippen MR) is 60.6 cm³/mol. The highest BCUT2D eigenvalue weighted by Crippen LogP contribution is 2.22. The van der Waals surface area contributed by atoms with Crippen molar-refractivity contribution in [3.05, 3.63) is 35.4 Å². The number of benzene rings is 1. The monoisotopic (exact) mass is 189 g/mol. The lowest BCUT2D eigenvalue weighted by Crippen LogP contribution is -2.43. The third kappa shape index (κ3) is 1.98. The number of rotatable bonds is 3. The van der Waals surface area contributed by atoms with Gasteiger partial charge < -0.3 is 5.32 Å². The van der Waals surface area contributed by atoms with E-state index < -0.39 is 0 Å². The van der Waals surface area contributed by atoms with Gasteiger partial charge in [-0.1, -0.05) is 38.1 Å². The fraction of sp³-hybridized carbons (Fsp3) is 0.538. The van der Waals surface area contributed by atoms with Crippen molar-refractivity contribution in [1.29, 1.82) is 0 Å². The van der Waals surface area contributed by atoms with E-state index in [1.54, 1.807) is 5.56 Å². The van der Waals surface area contributed by atoms with Gasteiger partial charge in [0.2, 0.25) is 0 Å². The summed E-state index contributed by atoms with van der Waals surface area (Å²) in [6, 6.07) is 8.87. The molecule has 0 spiro atoms. The molecule has 1 aromatic rings. The van der Waals surface area contributed by atoms with Gasteiger partial charge >= 0.3 is 0 Å². The minimum atomic E-state index is 0.652. The van der Waals surface area contributed by atoms with Crippen molar-refractivity contribution in [3.8, 4) is 0 Å². The molecule has 76 valence electrons. The zero-order valence-corrected chi connectivity index (χ0v) is 9.09. The van der Waals surface area contributed by atoms with Gasteiger partial charge in [-0.25, -0.2) is 0 Å². The molecule has 0 unspecified atom stereocenters. The molecule has 1 aliphatic rings. The Morgan fingerprint density at radius 1 is 1.29 bits per heavy atom. The molecule has 0 bridgehead atoms. The number of nitrogens with one attached hydrogen (secondary N) is 1. The van der Waals surface area contributed by atoms with Gasteiger partial charge in [-0.05, 0) is 42.5 Å². The quantitative estimate of drug-likeness (QED) is 0.770. The van der Waals surface area contributed by atoms with Crippen LogP contribution >= 0.6 is 0 Å². The standard InChI is InChI=1S/C13H19N/c1-10(2)13-6-4-3-5-12(13)7-11-8-14-9-11/h3-6,10-11,14H,7-9H2,1-2H3. The van der Waals surface area contributed by atoms with Crippen LogP contribution < -0.4 is 5.32 Å². The third-order valence-corrected chi connectivity index (χ3v) is 3.05. The average molecular weight is 189 g/mol. The van der Waals surface area contributed by atoms with E-state index in [1.165, 1.54) is 25.1 Å². The van der Waals surface area contributed by atoms with E-state index in [-0.39, 0.29) is 0 Å². The average Bonchev–Trinajstić information content (AvgIpc) is 2.12. The van der Waals surface area contributed by atoms with Gasteiger partial charge in [0, 0.05) is 0 Å². The summed E-state index contributed by atoms with van der Waals surface area (Å²) in [5.41, 5.74) is 3.08. The largest absolute Gasteiger partial charge is 0.316 e. The fourth-order valence-electron chi connectivity index (χ4n) is 2.09. The van der Waals surface area contributed by atoms with Crippen molar-refractivity contribution in [3.63, 3.8) is 0 Å². The highest BCUT2D eigenvalue weighted by molar-refractivity contribution is 5.30. The third-order valence-electron chi connectivity index (χ3n) is 3.05. The molecule has 0 amide bonds. The van der Waals surface area contributed by atoms with Gasteiger partial charge in [0.15, 0.2) is 0 Å². The van der Waals surface area contributed by atoms with E-state index in [0.29, 0.717) is 5.92 Å². The van der Waals surface area contributed by atoms with Crippen molar-refractivity contribution in [2.75, 3.05) is 13.1 Å². The molecule has 1 fully saturated rings. The van der Waals surface area contributed by atoms with Gasteiger partial charge in [-0.3, -0.25) is 0 Å². The van der Waals surface area contributed by atoms with Gasteiger partial charge in [0.25, 0.3) is 0 Å². The summed E-state index contributed by atoms with van der Waals surface area (Å²) in [5.74, 6) is 1.52.